The zero-order valence-electron chi connectivity index (χ0n) is 18.3. The van der Waals surface area contributed by atoms with Crippen LogP contribution in [0.2, 0.25) is 5.02 Å². The predicted octanol–water partition coefficient (Wildman–Crippen LogP) is 5.60. The number of hydrogen-bond acceptors (Lipinski definition) is 6. The summed E-state index contributed by atoms with van der Waals surface area (Å²) in [6, 6.07) is 19.3. The van der Waals surface area contributed by atoms with Crippen molar-refractivity contribution in [2.24, 2.45) is 0 Å². The standard InChI is InChI=1S/C25H22ClNO6S/c1-2-31-22-8-4-3-6-18(22)16-27(17-20-7-5-15-32-20)25(28)23-13-14-24(33-23)34(29,30)21-11-9-19(26)10-12-21/h3-15H,2,16-17H2,1H3. The Labute approximate surface area is 202 Å². The van der Waals surface area contributed by atoms with Crippen LogP contribution in [0.15, 0.2) is 97.9 Å². The Morgan fingerprint density at radius 2 is 1.74 bits per heavy atom. The molecule has 0 radical (unpaired) electrons. The van der Waals surface area contributed by atoms with Gasteiger partial charge < -0.3 is 18.5 Å². The summed E-state index contributed by atoms with van der Waals surface area (Å²) in [6.45, 7) is 2.73. The van der Waals surface area contributed by atoms with Crippen LogP contribution >= 0.6 is 11.6 Å². The molecule has 0 saturated carbocycles. The van der Waals surface area contributed by atoms with Crippen LogP contribution in [0.25, 0.3) is 0 Å². The van der Waals surface area contributed by atoms with Crippen molar-refractivity contribution in [3.8, 4) is 5.75 Å². The maximum atomic E-state index is 13.4. The van der Waals surface area contributed by atoms with Gasteiger partial charge in [-0.15, -0.1) is 0 Å². The van der Waals surface area contributed by atoms with E-state index in [4.69, 9.17) is 25.2 Å². The number of furan rings is 2. The molecule has 0 spiro atoms. The average molecular weight is 500 g/mol. The molecule has 0 aliphatic rings. The molecule has 0 saturated heterocycles. The molecule has 0 aliphatic carbocycles. The Bertz CT molecular complexity index is 1360. The first-order valence-corrected chi connectivity index (χ1v) is 12.4. The molecule has 0 fully saturated rings. The van der Waals surface area contributed by atoms with Crippen molar-refractivity contribution in [3.63, 3.8) is 0 Å². The summed E-state index contributed by atoms with van der Waals surface area (Å²) in [4.78, 5) is 14.9. The van der Waals surface area contributed by atoms with Gasteiger partial charge in [-0.25, -0.2) is 8.42 Å². The molecule has 34 heavy (non-hydrogen) atoms. The molecule has 2 aromatic heterocycles. The Morgan fingerprint density at radius 1 is 0.971 bits per heavy atom. The van der Waals surface area contributed by atoms with E-state index in [1.165, 1.54) is 47.6 Å². The Balaban J connectivity index is 1.63. The van der Waals surface area contributed by atoms with Crippen molar-refractivity contribution >= 4 is 27.3 Å². The minimum atomic E-state index is -3.95. The first-order valence-electron chi connectivity index (χ1n) is 10.5. The van der Waals surface area contributed by atoms with Crippen LogP contribution in [-0.2, 0) is 22.9 Å². The fourth-order valence-electron chi connectivity index (χ4n) is 3.39. The van der Waals surface area contributed by atoms with Crippen LogP contribution in [-0.4, -0.2) is 25.8 Å². The lowest BCUT2D eigenvalue weighted by Gasteiger charge is -2.22. The van der Waals surface area contributed by atoms with Gasteiger partial charge in [-0.3, -0.25) is 4.79 Å². The van der Waals surface area contributed by atoms with Gasteiger partial charge in [0.25, 0.3) is 5.91 Å². The van der Waals surface area contributed by atoms with Gasteiger partial charge in [0.1, 0.15) is 11.5 Å². The third-order valence-electron chi connectivity index (χ3n) is 5.03. The zero-order valence-corrected chi connectivity index (χ0v) is 19.9. The molecular weight excluding hydrogens is 478 g/mol. The van der Waals surface area contributed by atoms with Crippen molar-refractivity contribution in [1.82, 2.24) is 4.90 Å². The van der Waals surface area contributed by atoms with E-state index in [1.807, 2.05) is 31.2 Å². The largest absolute Gasteiger partial charge is 0.494 e. The average Bonchev–Trinajstić information content (AvgIpc) is 3.53. The normalized spacial score (nSPS) is 11.4. The number of sulfone groups is 1. The summed E-state index contributed by atoms with van der Waals surface area (Å²) < 4.78 is 42.5. The third-order valence-corrected chi connectivity index (χ3v) is 6.92. The van der Waals surface area contributed by atoms with Gasteiger partial charge in [0.2, 0.25) is 14.9 Å². The van der Waals surface area contributed by atoms with Crippen LogP contribution in [0.5, 0.6) is 5.75 Å². The smallest absolute Gasteiger partial charge is 0.290 e. The van der Waals surface area contributed by atoms with Gasteiger partial charge in [0.15, 0.2) is 5.76 Å². The SMILES string of the molecule is CCOc1ccccc1CN(Cc1ccco1)C(=O)c1ccc(S(=O)(=O)c2ccc(Cl)cc2)o1. The number of carbonyl (C=O) groups is 1. The van der Waals surface area contributed by atoms with Crippen molar-refractivity contribution in [2.45, 2.75) is 30.0 Å². The molecule has 0 N–H and O–H groups in total. The number of halogens is 1. The van der Waals surface area contributed by atoms with Gasteiger partial charge in [0.05, 0.1) is 30.9 Å². The van der Waals surface area contributed by atoms with Gasteiger partial charge in [-0.2, -0.15) is 0 Å². The minimum Gasteiger partial charge on any atom is -0.494 e. The molecule has 2 heterocycles. The second-order valence-corrected chi connectivity index (χ2v) is 9.67. The molecule has 0 unspecified atom stereocenters. The fourth-order valence-corrected chi connectivity index (χ4v) is 4.69. The number of carbonyl (C=O) groups excluding carboxylic acids is 1. The van der Waals surface area contributed by atoms with Gasteiger partial charge in [-0.1, -0.05) is 29.8 Å². The first kappa shape index (κ1) is 23.7. The van der Waals surface area contributed by atoms with E-state index in [-0.39, 0.29) is 28.8 Å². The van der Waals surface area contributed by atoms with E-state index in [0.717, 1.165) is 5.56 Å². The highest BCUT2D eigenvalue weighted by atomic mass is 35.5. The number of hydrogen-bond donors (Lipinski definition) is 0. The molecule has 0 aliphatic heterocycles. The van der Waals surface area contributed by atoms with E-state index in [9.17, 15) is 13.2 Å². The maximum Gasteiger partial charge on any atom is 0.290 e. The number of para-hydroxylation sites is 1. The molecule has 4 rings (SSSR count). The van der Waals surface area contributed by atoms with E-state index < -0.39 is 15.7 Å². The van der Waals surface area contributed by atoms with Crippen molar-refractivity contribution in [2.75, 3.05) is 6.61 Å². The van der Waals surface area contributed by atoms with E-state index in [1.54, 1.807) is 12.1 Å². The second-order valence-electron chi connectivity index (χ2n) is 7.36. The van der Waals surface area contributed by atoms with Crippen LogP contribution in [0.1, 0.15) is 28.8 Å². The topological polar surface area (TPSA) is 90.0 Å². The lowest BCUT2D eigenvalue weighted by atomic mass is 10.1. The molecule has 176 valence electrons. The summed E-state index contributed by atoms with van der Waals surface area (Å²) in [6.07, 6.45) is 1.52. The van der Waals surface area contributed by atoms with Crippen molar-refractivity contribution in [3.05, 3.63) is 101 Å². The van der Waals surface area contributed by atoms with Gasteiger partial charge in [-0.05, 0) is 61.5 Å². The highest BCUT2D eigenvalue weighted by molar-refractivity contribution is 7.91. The Hall–Kier alpha value is -3.49. The quantitative estimate of drug-likeness (QED) is 0.298. The van der Waals surface area contributed by atoms with Crippen LogP contribution < -0.4 is 4.74 Å². The van der Waals surface area contributed by atoms with E-state index in [0.29, 0.717) is 23.1 Å². The number of benzene rings is 2. The molecule has 0 bridgehead atoms. The number of rotatable bonds is 9. The fraction of sp³-hybridized carbons (Fsp3) is 0.160. The summed E-state index contributed by atoms with van der Waals surface area (Å²) in [5, 5.41) is 0.0843. The second kappa shape index (κ2) is 10.2. The lowest BCUT2D eigenvalue weighted by Crippen LogP contribution is -2.30. The maximum absolute atomic E-state index is 13.4. The summed E-state index contributed by atoms with van der Waals surface area (Å²) >= 11 is 5.86. The first-order chi connectivity index (χ1) is 16.4. The Morgan fingerprint density at radius 3 is 2.44 bits per heavy atom. The third kappa shape index (κ3) is 5.18. The van der Waals surface area contributed by atoms with Crippen LogP contribution in [0, 0.1) is 0 Å². The highest BCUT2D eigenvalue weighted by Crippen LogP contribution is 2.27. The highest BCUT2D eigenvalue weighted by Gasteiger charge is 2.27. The van der Waals surface area contributed by atoms with Crippen molar-refractivity contribution in [1.29, 1.82) is 0 Å². The molecule has 0 atom stereocenters. The lowest BCUT2D eigenvalue weighted by molar-refractivity contribution is 0.0678. The summed E-state index contributed by atoms with van der Waals surface area (Å²) in [5.74, 6) is 0.642. The number of ether oxygens (including phenoxy) is 1. The molecule has 4 aromatic rings. The summed E-state index contributed by atoms with van der Waals surface area (Å²) in [7, 11) is -3.95. The molecule has 2 aromatic carbocycles. The molecule has 1 amide bonds. The molecular formula is C25H22ClNO6S. The monoisotopic (exact) mass is 499 g/mol. The van der Waals surface area contributed by atoms with Crippen LogP contribution in [0.4, 0.5) is 0 Å². The molecule has 7 nitrogen and oxygen atoms in total. The van der Waals surface area contributed by atoms with Gasteiger partial charge >= 0.3 is 0 Å². The zero-order chi connectivity index (χ0) is 24.1. The summed E-state index contributed by atoms with van der Waals surface area (Å²) in [5.41, 5.74) is 0.796. The minimum absolute atomic E-state index is 0.0170. The number of nitrogens with zero attached hydrogens (tertiary/aromatic N) is 1. The van der Waals surface area contributed by atoms with E-state index >= 15 is 0 Å². The van der Waals surface area contributed by atoms with Crippen molar-refractivity contribution < 1.29 is 26.8 Å². The van der Waals surface area contributed by atoms with Gasteiger partial charge in [0, 0.05) is 10.6 Å². The molecule has 9 heteroatoms. The predicted molar refractivity (Wildman–Crippen MR) is 126 cm³/mol. The van der Waals surface area contributed by atoms with Crippen LogP contribution in [0.3, 0.4) is 0 Å². The van der Waals surface area contributed by atoms with E-state index in [2.05, 4.69) is 0 Å². The number of amides is 1. The Kier molecular flexibility index (Phi) is 7.09.